The highest BCUT2D eigenvalue weighted by atomic mass is 35.5. The maximum atomic E-state index is 12.3. The van der Waals surface area contributed by atoms with E-state index in [1.54, 1.807) is 6.07 Å². The summed E-state index contributed by atoms with van der Waals surface area (Å²) < 4.78 is 0. The van der Waals surface area contributed by atoms with Gasteiger partial charge in [-0.1, -0.05) is 11.6 Å². The van der Waals surface area contributed by atoms with Crippen LogP contribution in [0.4, 0.5) is 5.69 Å². The van der Waals surface area contributed by atoms with Crippen LogP contribution < -0.4 is 5.73 Å². The number of piperazine rings is 1. The van der Waals surface area contributed by atoms with Crippen molar-refractivity contribution in [3.8, 4) is 0 Å². The normalized spacial score (nSPS) is 22.4. The second kappa shape index (κ2) is 6.70. The van der Waals surface area contributed by atoms with Crippen molar-refractivity contribution in [3.05, 3.63) is 28.3 Å². The molecule has 1 heterocycles. The Labute approximate surface area is 143 Å². The molecule has 1 atom stereocenters. The van der Waals surface area contributed by atoms with E-state index >= 15 is 0 Å². The summed E-state index contributed by atoms with van der Waals surface area (Å²) in [5.74, 6) is 0.993. The summed E-state index contributed by atoms with van der Waals surface area (Å²) in [5.41, 5.74) is 9.05. The molecule has 2 aliphatic rings. The van der Waals surface area contributed by atoms with Gasteiger partial charge in [0.2, 0.25) is 5.91 Å². The molecule has 1 aliphatic heterocycles. The molecule has 0 bridgehead atoms. The number of anilines is 1. The fourth-order valence-corrected chi connectivity index (χ4v) is 3.65. The third-order valence-corrected chi connectivity index (χ3v) is 5.32. The van der Waals surface area contributed by atoms with Crippen molar-refractivity contribution in [2.24, 2.45) is 5.92 Å². The molecule has 5 heteroatoms. The number of carbonyl (C=O) groups excluding carboxylic acids is 1. The monoisotopic (exact) mass is 335 g/mol. The van der Waals surface area contributed by atoms with Crippen molar-refractivity contribution in [2.45, 2.75) is 45.7 Å². The fraction of sp³-hybridized carbons (Fsp3) is 0.611. The molecule has 0 aromatic heterocycles. The number of carbonyl (C=O) groups is 1. The van der Waals surface area contributed by atoms with Crippen LogP contribution >= 0.6 is 11.6 Å². The molecular formula is C18H26ClN3O. The van der Waals surface area contributed by atoms with Gasteiger partial charge < -0.3 is 10.6 Å². The van der Waals surface area contributed by atoms with Crippen molar-refractivity contribution in [2.75, 3.05) is 25.4 Å². The van der Waals surface area contributed by atoms with Gasteiger partial charge in [-0.25, -0.2) is 0 Å². The third-order valence-electron chi connectivity index (χ3n) is 5.11. The predicted molar refractivity (Wildman–Crippen MR) is 94.4 cm³/mol. The van der Waals surface area contributed by atoms with Gasteiger partial charge in [0.15, 0.2) is 0 Å². The first-order chi connectivity index (χ1) is 10.9. The van der Waals surface area contributed by atoms with Gasteiger partial charge in [-0.15, -0.1) is 0 Å². The van der Waals surface area contributed by atoms with E-state index in [0.717, 1.165) is 43.9 Å². The van der Waals surface area contributed by atoms with Crippen LogP contribution in [0.25, 0.3) is 0 Å². The Morgan fingerprint density at radius 3 is 2.74 bits per heavy atom. The lowest BCUT2D eigenvalue weighted by molar-refractivity contribution is -0.136. The van der Waals surface area contributed by atoms with E-state index < -0.39 is 0 Å². The maximum Gasteiger partial charge on any atom is 0.223 e. The molecule has 23 heavy (non-hydrogen) atoms. The first-order valence-electron chi connectivity index (χ1n) is 8.50. The molecule has 1 amide bonds. The van der Waals surface area contributed by atoms with E-state index in [9.17, 15) is 4.79 Å². The minimum atomic E-state index is 0.270. The Kier molecular flexibility index (Phi) is 4.83. The first-order valence-corrected chi connectivity index (χ1v) is 8.88. The van der Waals surface area contributed by atoms with Gasteiger partial charge in [-0.05, 0) is 55.9 Å². The molecule has 1 aliphatic carbocycles. The number of hydrogen-bond acceptors (Lipinski definition) is 3. The number of benzene rings is 1. The average molecular weight is 336 g/mol. The Bertz CT molecular complexity index is 600. The third kappa shape index (κ3) is 3.99. The molecule has 4 nitrogen and oxygen atoms in total. The topological polar surface area (TPSA) is 49.6 Å². The SMILES string of the molecule is Cc1c(N)cc(Cl)cc1CN1CCN(C(=O)CC2CC2)C(C)C1. The molecule has 126 valence electrons. The number of rotatable bonds is 4. The molecule has 1 aromatic rings. The summed E-state index contributed by atoms with van der Waals surface area (Å²) in [6.07, 6.45) is 3.21. The Balaban J connectivity index is 1.60. The highest BCUT2D eigenvalue weighted by molar-refractivity contribution is 6.31. The van der Waals surface area contributed by atoms with Crippen LogP contribution in [0.5, 0.6) is 0 Å². The number of nitrogens with two attached hydrogens (primary N) is 1. The van der Waals surface area contributed by atoms with Gasteiger partial charge in [0, 0.05) is 49.4 Å². The van der Waals surface area contributed by atoms with Crippen LogP contribution in [0.3, 0.4) is 0 Å². The molecule has 1 saturated heterocycles. The van der Waals surface area contributed by atoms with Gasteiger partial charge >= 0.3 is 0 Å². The lowest BCUT2D eigenvalue weighted by atomic mass is 10.0. The second-order valence-corrected chi connectivity index (χ2v) is 7.53. The van der Waals surface area contributed by atoms with E-state index in [-0.39, 0.29) is 6.04 Å². The lowest BCUT2D eigenvalue weighted by Crippen LogP contribution is -2.53. The predicted octanol–water partition coefficient (Wildman–Crippen LogP) is 3.06. The summed E-state index contributed by atoms with van der Waals surface area (Å²) in [6, 6.07) is 4.08. The Morgan fingerprint density at radius 1 is 1.35 bits per heavy atom. The smallest absolute Gasteiger partial charge is 0.223 e. The maximum absolute atomic E-state index is 12.3. The average Bonchev–Trinajstić information content (AvgIpc) is 3.28. The van der Waals surface area contributed by atoms with E-state index in [1.165, 1.54) is 18.4 Å². The zero-order chi connectivity index (χ0) is 16.6. The number of nitrogen functional groups attached to an aromatic ring is 1. The van der Waals surface area contributed by atoms with Gasteiger partial charge in [0.1, 0.15) is 0 Å². The van der Waals surface area contributed by atoms with Gasteiger partial charge in [0.05, 0.1) is 0 Å². The van der Waals surface area contributed by atoms with E-state index in [1.807, 2.05) is 13.0 Å². The summed E-state index contributed by atoms with van der Waals surface area (Å²) in [5, 5.41) is 0.689. The molecule has 1 saturated carbocycles. The summed E-state index contributed by atoms with van der Waals surface area (Å²) in [7, 11) is 0. The molecular weight excluding hydrogens is 310 g/mol. The van der Waals surface area contributed by atoms with Crippen molar-refractivity contribution in [3.63, 3.8) is 0 Å². The van der Waals surface area contributed by atoms with Gasteiger partial charge in [-0.2, -0.15) is 0 Å². The van der Waals surface area contributed by atoms with Crippen LogP contribution in [-0.2, 0) is 11.3 Å². The van der Waals surface area contributed by atoms with Crippen LogP contribution in [0.2, 0.25) is 5.02 Å². The molecule has 1 unspecified atom stereocenters. The highest BCUT2D eigenvalue weighted by Crippen LogP contribution is 2.33. The molecule has 0 radical (unpaired) electrons. The summed E-state index contributed by atoms with van der Waals surface area (Å²) in [4.78, 5) is 16.8. The Hall–Kier alpha value is -1.26. The lowest BCUT2D eigenvalue weighted by Gasteiger charge is -2.40. The van der Waals surface area contributed by atoms with E-state index in [4.69, 9.17) is 17.3 Å². The first kappa shape index (κ1) is 16.6. The molecule has 2 N–H and O–H groups in total. The van der Waals surface area contributed by atoms with Crippen molar-refractivity contribution >= 4 is 23.2 Å². The van der Waals surface area contributed by atoms with Gasteiger partial charge in [-0.3, -0.25) is 9.69 Å². The van der Waals surface area contributed by atoms with Crippen LogP contribution in [0.15, 0.2) is 12.1 Å². The number of nitrogens with zero attached hydrogens (tertiary/aromatic N) is 2. The number of hydrogen-bond donors (Lipinski definition) is 1. The largest absolute Gasteiger partial charge is 0.398 e. The summed E-state index contributed by atoms with van der Waals surface area (Å²) >= 11 is 6.14. The standard InChI is InChI=1S/C18H26ClN3O/c1-12-10-21(5-6-22(12)18(23)7-14-3-4-14)11-15-8-16(19)9-17(20)13(15)2/h8-9,12,14H,3-7,10-11,20H2,1-2H3. The molecule has 0 spiro atoms. The minimum Gasteiger partial charge on any atom is -0.398 e. The van der Waals surface area contributed by atoms with Crippen LogP contribution in [0, 0.1) is 12.8 Å². The minimum absolute atomic E-state index is 0.270. The quantitative estimate of drug-likeness (QED) is 0.860. The van der Waals surface area contributed by atoms with Crippen molar-refractivity contribution in [1.29, 1.82) is 0 Å². The number of halogens is 1. The van der Waals surface area contributed by atoms with E-state index in [2.05, 4.69) is 16.7 Å². The van der Waals surface area contributed by atoms with Crippen molar-refractivity contribution < 1.29 is 4.79 Å². The molecule has 1 aromatic carbocycles. The highest BCUT2D eigenvalue weighted by Gasteiger charge is 2.31. The zero-order valence-corrected chi connectivity index (χ0v) is 14.8. The second-order valence-electron chi connectivity index (χ2n) is 7.10. The molecule has 3 rings (SSSR count). The zero-order valence-electron chi connectivity index (χ0n) is 14.0. The Morgan fingerprint density at radius 2 is 2.09 bits per heavy atom. The summed E-state index contributed by atoms with van der Waals surface area (Å²) in [6.45, 7) is 7.66. The number of amides is 1. The molecule has 2 fully saturated rings. The fourth-order valence-electron chi connectivity index (χ4n) is 3.40. The van der Waals surface area contributed by atoms with Crippen molar-refractivity contribution in [1.82, 2.24) is 9.80 Å². The van der Waals surface area contributed by atoms with Gasteiger partial charge in [0.25, 0.3) is 0 Å². The van der Waals surface area contributed by atoms with Crippen LogP contribution in [0.1, 0.15) is 37.3 Å². The van der Waals surface area contributed by atoms with E-state index in [0.29, 0.717) is 16.8 Å². The van der Waals surface area contributed by atoms with Crippen LogP contribution in [-0.4, -0.2) is 41.4 Å².